The Hall–Kier alpha value is -1.44. The van der Waals surface area contributed by atoms with Crippen LogP contribution in [0.2, 0.25) is 0 Å². The second kappa shape index (κ2) is 18.9. The van der Waals surface area contributed by atoms with Crippen LogP contribution in [-0.2, 0) is 33.3 Å². The topological polar surface area (TPSA) is 182 Å². The Morgan fingerprint density at radius 1 is 0.926 bits per heavy atom. The quantitative estimate of drug-likeness (QED) is 0.0423. The van der Waals surface area contributed by atoms with Crippen LogP contribution in [0.1, 0.15) is 32.5 Å². The van der Waals surface area contributed by atoms with Gasteiger partial charge in [-0.3, -0.25) is 10.1 Å². The number of nitro benzene ring substituents is 1. The van der Waals surface area contributed by atoms with Gasteiger partial charge in [0.2, 0.25) is 0 Å². The van der Waals surface area contributed by atoms with Crippen LogP contribution in [0.5, 0.6) is 5.75 Å². The number of allylic oxidation sites excluding steroid dienone is 2. The van der Waals surface area contributed by atoms with Crippen molar-refractivity contribution >= 4 is 109 Å². The minimum Gasteiger partial charge on any atom is -0.748 e. The summed E-state index contributed by atoms with van der Waals surface area (Å²) in [5, 5.41) is 11.4. The van der Waals surface area contributed by atoms with Gasteiger partial charge in [0, 0.05) is 52.4 Å². The van der Waals surface area contributed by atoms with Gasteiger partial charge in [-0.25, -0.2) is 26.0 Å². The minimum atomic E-state index is -4.47. The van der Waals surface area contributed by atoms with E-state index < -0.39 is 36.7 Å². The summed E-state index contributed by atoms with van der Waals surface area (Å²) < 4.78 is 80.7. The zero-order chi connectivity index (χ0) is 38.8. The van der Waals surface area contributed by atoms with Gasteiger partial charge in [0.25, 0.3) is 11.5 Å². The molecule has 3 aromatic carbocycles. The van der Waals surface area contributed by atoms with E-state index in [-0.39, 0.29) is 83.0 Å². The van der Waals surface area contributed by atoms with Crippen LogP contribution < -0.4 is 70.5 Å². The van der Waals surface area contributed by atoms with Crippen molar-refractivity contribution < 1.29 is 91.6 Å². The number of nitrogens with zero attached hydrogens (tertiary/aromatic N) is 5. The second-order valence-corrected chi connectivity index (χ2v) is 17.9. The third-order valence-electron chi connectivity index (χ3n) is 8.71. The molecule has 5 rings (SSSR count). The van der Waals surface area contributed by atoms with Crippen molar-refractivity contribution in [1.82, 2.24) is 4.57 Å². The molecule has 0 saturated heterocycles. The van der Waals surface area contributed by atoms with Gasteiger partial charge in [0.1, 0.15) is 11.6 Å². The fourth-order valence-electron chi connectivity index (χ4n) is 6.45. The summed E-state index contributed by atoms with van der Waals surface area (Å²) in [6, 6.07) is 12.5. The first-order valence-corrected chi connectivity index (χ1v) is 22.2. The SMILES string of the molecule is CCN1/C(=C\C=C\c2n(CC)c3cc(Br)c(OC)cc3[n+]2CCCS(=O)(=O)[O-])N(CCCS(=O)(=O)[O-])c2cc(-c3ccc([N+](=O)[O-])c(Br)c3)c(I)cc21.[K+]. The standard InChI is InChI=1S/C34H36Br2IN5O9S2.K/c1-4-38-29-19-25(36)32(51-3)21-31(29)41(14-8-16-53(48,49)50)33(38)9-6-10-34-39(5-2)30-20-26(37)23(22-11-12-27(42(43)44)24(35)17-22)18-28(30)40(34)13-7-15-52(45,46)47;/h6,9-12,17-21H,4-5,7-8,13-16H2,1-3H3,(H-,45,46,47,48,49,50);/q;+1/p-1. The molecule has 1 aliphatic heterocycles. The van der Waals surface area contributed by atoms with E-state index in [9.17, 15) is 36.1 Å². The Morgan fingerprint density at radius 3 is 2.19 bits per heavy atom. The van der Waals surface area contributed by atoms with Crippen LogP contribution in [-0.4, -0.2) is 67.1 Å². The molecule has 0 radical (unpaired) electrons. The molecule has 0 N–H and O–H groups in total. The predicted molar refractivity (Wildman–Crippen MR) is 217 cm³/mol. The Bertz CT molecular complexity index is 2370. The number of aryl methyl sites for hydroxylation is 2. The summed E-state index contributed by atoms with van der Waals surface area (Å²) in [6.07, 6.45) is 5.81. The molecule has 0 aliphatic carbocycles. The van der Waals surface area contributed by atoms with E-state index >= 15 is 0 Å². The zero-order valence-corrected chi connectivity index (χ0v) is 39.9. The maximum Gasteiger partial charge on any atom is 1.00 e. The van der Waals surface area contributed by atoms with Crippen molar-refractivity contribution in [3.63, 3.8) is 0 Å². The van der Waals surface area contributed by atoms with E-state index in [1.165, 1.54) is 6.07 Å². The number of methoxy groups -OCH3 is 1. The number of hydrogen-bond acceptors (Lipinski definition) is 11. The van der Waals surface area contributed by atoms with Gasteiger partial charge in [-0.2, -0.15) is 0 Å². The number of fused-ring (bicyclic) bond motifs is 2. The number of anilines is 2. The van der Waals surface area contributed by atoms with Crippen LogP contribution in [0.4, 0.5) is 17.1 Å². The number of benzene rings is 3. The van der Waals surface area contributed by atoms with Crippen LogP contribution >= 0.6 is 54.5 Å². The molecule has 0 atom stereocenters. The van der Waals surface area contributed by atoms with Crippen LogP contribution in [0.3, 0.4) is 0 Å². The van der Waals surface area contributed by atoms with Crippen LogP contribution in [0.15, 0.2) is 69.4 Å². The molecule has 0 fully saturated rings. The maximum absolute atomic E-state index is 11.6. The van der Waals surface area contributed by atoms with Crippen molar-refractivity contribution in [2.75, 3.05) is 41.5 Å². The Kier molecular flexibility index (Phi) is 15.8. The average Bonchev–Trinajstić information content (AvgIpc) is 3.51. The van der Waals surface area contributed by atoms with Gasteiger partial charge in [0.15, 0.2) is 11.0 Å². The molecule has 284 valence electrons. The van der Waals surface area contributed by atoms with Gasteiger partial charge >= 0.3 is 51.4 Å². The molecule has 0 amide bonds. The van der Waals surface area contributed by atoms with E-state index in [0.29, 0.717) is 23.3 Å². The molecule has 0 saturated carbocycles. The smallest absolute Gasteiger partial charge is 0.748 e. The molecule has 0 spiro atoms. The van der Waals surface area contributed by atoms with E-state index in [2.05, 4.69) is 63.9 Å². The minimum absolute atomic E-state index is 0. The number of ether oxygens (including phenoxy) is 1. The fourth-order valence-corrected chi connectivity index (χ4v) is 9.19. The molecule has 14 nitrogen and oxygen atoms in total. The van der Waals surface area contributed by atoms with Crippen molar-refractivity contribution in [1.29, 1.82) is 0 Å². The predicted octanol–water partition coefficient (Wildman–Crippen LogP) is 3.74. The van der Waals surface area contributed by atoms with Gasteiger partial charge in [-0.15, -0.1) is 0 Å². The van der Waals surface area contributed by atoms with Gasteiger partial charge in [0.05, 0.1) is 65.7 Å². The van der Waals surface area contributed by atoms with Crippen LogP contribution in [0, 0.1) is 13.7 Å². The monoisotopic (exact) mass is 1040 g/mol. The summed E-state index contributed by atoms with van der Waals surface area (Å²) in [5.41, 5.74) is 4.76. The summed E-state index contributed by atoms with van der Waals surface area (Å²) in [7, 11) is -7.34. The maximum atomic E-state index is 11.6. The van der Waals surface area contributed by atoms with E-state index in [1.54, 1.807) is 19.2 Å². The molecule has 1 aromatic heterocycles. The van der Waals surface area contributed by atoms with Crippen molar-refractivity contribution in [2.45, 2.75) is 39.8 Å². The molecule has 2 heterocycles. The summed E-state index contributed by atoms with van der Waals surface area (Å²) in [5.74, 6) is 0.991. The van der Waals surface area contributed by atoms with Gasteiger partial charge in [-0.1, -0.05) is 6.08 Å². The molecule has 0 unspecified atom stereocenters. The number of hydrogen-bond donors (Lipinski definition) is 0. The number of nitro groups is 1. The molecular formula is C34H35Br2IKN5O9S2. The Morgan fingerprint density at radius 2 is 1.59 bits per heavy atom. The summed E-state index contributed by atoms with van der Waals surface area (Å²) >= 11 is 9.10. The normalized spacial score (nSPS) is 14.0. The molecule has 20 heteroatoms. The van der Waals surface area contributed by atoms with Crippen molar-refractivity contribution in [3.05, 3.63) is 88.9 Å². The third kappa shape index (κ3) is 10.3. The molecule has 4 aromatic rings. The number of aromatic nitrogens is 2. The zero-order valence-electron chi connectivity index (χ0n) is 29.8. The molecular weight excluding hydrogens is 1010 g/mol. The van der Waals surface area contributed by atoms with E-state index in [4.69, 9.17) is 4.74 Å². The van der Waals surface area contributed by atoms with Gasteiger partial charge in [-0.05, 0) is 123 Å². The van der Waals surface area contributed by atoms with Gasteiger partial charge < -0.3 is 23.6 Å². The first-order valence-electron chi connectivity index (χ1n) is 16.4. The van der Waals surface area contributed by atoms with E-state index in [1.807, 2.05) is 65.8 Å². The number of rotatable bonds is 15. The molecule has 54 heavy (non-hydrogen) atoms. The Labute approximate surface area is 387 Å². The molecule has 0 bridgehead atoms. The summed E-state index contributed by atoms with van der Waals surface area (Å²) in [4.78, 5) is 15.0. The third-order valence-corrected chi connectivity index (χ3v) is 12.4. The number of imidazole rings is 1. The van der Waals surface area contributed by atoms with Crippen LogP contribution in [0.25, 0.3) is 28.2 Å². The molecule has 1 aliphatic rings. The average molecular weight is 1050 g/mol. The largest absolute Gasteiger partial charge is 1.00 e. The second-order valence-electron chi connectivity index (χ2n) is 12.0. The van der Waals surface area contributed by atoms with Crippen molar-refractivity contribution in [3.8, 4) is 16.9 Å². The van der Waals surface area contributed by atoms with E-state index in [0.717, 1.165) is 53.2 Å². The Balaban J connectivity index is 0.00000650. The summed E-state index contributed by atoms with van der Waals surface area (Å²) in [6.45, 7) is 5.55. The first-order chi connectivity index (χ1) is 25.0. The number of halogens is 3. The fraction of sp³-hybridized carbons (Fsp3) is 0.324. The first kappa shape index (κ1) is 45.3. The van der Waals surface area contributed by atoms with Crippen molar-refractivity contribution in [2.24, 2.45) is 0 Å².